The third-order valence-corrected chi connectivity index (χ3v) is 5.26. The van der Waals surface area contributed by atoms with Crippen molar-refractivity contribution >= 4 is 11.8 Å². The molecule has 28 heavy (non-hydrogen) atoms. The summed E-state index contributed by atoms with van der Waals surface area (Å²) in [5.74, 6) is 0.260. The van der Waals surface area contributed by atoms with Crippen LogP contribution in [0.4, 0.5) is 0 Å². The van der Waals surface area contributed by atoms with Crippen molar-refractivity contribution in [2.24, 2.45) is 0 Å². The molecule has 1 atom stereocenters. The van der Waals surface area contributed by atoms with Crippen LogP contribution in [0.5, 0.6) is 0 Å². The van der Waals surface area contributed by atoms with Gasteiger partial charge in [0.2, 0.25) is 5.91 Å². The quantitative estimate of drug-likeness (QED) is 0.784. The summed E-state index contributed by atoms with van der Waals surface area (Å²) in [6.45, 7) is 4.66. The minimum Gasteiger partial charge on any atom is -0.459 e. The number of hydrogen-bond donors (Lipinski definition) is 0. The zero-order chi connectivity index (χ0) is 19.3. The maximum Gasteiger partial charge on any atom is 0.289 e. The minimum absolute atomic E-state index is 0.0556. The first-order chi connectivity index (χ1) is 13.7. The largest absolute Gasteiger partial charge is 0.459 e. The number of rotatable bonds is 4. The number of furan rings is 1. The topological polar surface area (TPSA) is 79.1 Å². The van der Waals surface area contributed by atoms with Crippen LogP contribution in [-0.2, 0) is 9.53 Å². The number of pyridine rings is 1. The van der Waals surface area contributed by atoms with Gasteiger partial charge in [-0.05, 0) is 23.8 Å². The van der Waals surface area contributed by atoms with E-state index in [1.807, 2.05) is 17.0 Å². The lowest BCUT2D eigenvalue weighted by Crippen LogP contribution is -2.54. The van der Waals surface area contributed by atoms with E-state index in [0.717, 1.165) is 5.56 Å². The number of morpholine rings is 1. The van der Waals surface area contributed by atoms with E-state index >= 15 is 0 Å². The highest BCUT2D eigenvalue weighted by Crippen LogP contribution is 2.24. The smallest absolute Gasteiger partial charge is 0.289 e. The van der Waals surface area contributed by atoms with Crippen molar-refractivity contribution in [3.8, 4) is 0 Å². The molecule has 2 aliphatic rings. The van der Waals surface area contributed by atoms with Crippen molar-refractivity contribution in [1.29, 1.82) is 0 Å². The first kappa shape index (κ1) is 18.6. The number of nitrogens with zero attached hydrogens (tertiary/aromatic N) is 4. The van der Waals surface area contributed by atoms with Crippen LogP contribution in [0.2, 0.25) is 0 Å². The van der Waals surface area contributed by atoms with E-state index in [-0.39, 0.29) is 17.9 Å². The van der Waals surface area contributed by atoms with Crippen molar-refractivity contribution in [1.82, 2.24) is 19.7 Å². The molecule has 2 aromatic heterocycles. The Balaban J connectivity index is 1.45. The molecule has 0 saturated carbocycles. The van der Waals surface area contributed by atoms with Gasteiger partial charge in [0, 0.05) is 51.7 Å². The molecule has 0 aliphatic carbocycles. The highest BCUT2D eigenvalue weighted by atomic mass is 16.5. The van der Waals surface area contributed by atoms with Gasteiger partial charge in [-0.2, -0.15) is 0 Å². The number of carbonyl (C=O) groups excluding carboxylic acids is 2. The molecule has 8 heteroatoms. The SMILES string of the molecule is O=C(c1ccco1)N1CCN(C(=O)[C@@H](c2cccnc2)N2CCOCC2)CC1. The van der Waals surface area contributed by atoms with Gasteiger partial charge in [-0.3, -0.25) is 19.5 Å². The molecule has 148 valence electrons. The number of hydrogen-bond acceptors (Lipinski definition) is 6. The van der Waals surface area contributed by atoms with Crippen LogP contribution in [0.1, 0.15) is 22.2 Å². The predicted molar refractivity (Wildman–Crippen MR) is 101 cm³/mol. The summed E-state index contributed by atoms with van der Waals surface area (Å²) in [7, 11) is 0. The summed E-state index contributed by atoms with van der Waals surface area (Å²) in [4.78, 5) is 35.8. The molecule has 2 amide bonds. The van der Waals surface area contributed by atoms with Gasteiger partial charge in [0.05, 0.1) is 19.5 Å². The van der Waals surface area contributed by atoms with Gasteiger partial charge < -0.3 is 19.0 Å². The van der Waals surface area contributed by atoms with Gasteiger partial charge in [0.25, 0.3) is 5.91 Å². The number of ether oxygens (including phenoxy) is 1. The third-order valence-electron chi connectivity index (χ3n) is 5.26. The summed E-state index contributed by atoms with van der Waals surface area (Å²) in [6, 6.07) is 6.80. The van der Waals surface area contributed by atoms with Gasteiger partial charge in [0.1, 0.15) is 6.04 Å². The second-order valence-electron chi connectivity index (χ2n) is 6.93. The summed E-state index contributed by atoms with van der Waals surface area (Å²) in [5.41, 5.74) is 0.892. The van der Waals surface area contributed by atoms with Crippen LogP contribution in [0, 0.1) is 0 Å². The second kappa shape index (κ2) is 8.53. The molecule has 0 bridgehead atoms. The number of aromatic nitrogens is 1. The average Bonchev–Trinajstić information content (AvgIpc) is 3.30. The van der Waals surface area contributed by atoms with Crippen molar-refractivity contribution in [2.45, 2.75) is 6.04 Å². The fourth-order valence-corrected chi connectivity index (χ4v) is 3.74. The van der Waals surface area contributed by atoms with Crippen molar-refractivity contribution in [3.63, 3.8) is 0 Å². The molecular formula is C20H24N4O4. The molecule has 2 fully saturated rings. The van der Waals surface area contributed by atoms with Crippen LogP contribution in [-0.4, -0.2) is 84.0 Å². The van der Waals surface area contributed by atoms with Gasteiger partial charge in [0.15, 0.2) is 5.76 Å². The Kier molecular flexibility index (Phi) is 5.68. The van der Waals surface area contributed by atoms with Gasteiger partial charge in [-0.15, -0.1) is 0 Å². The maximum atomic E-state index is 13.4. The molecule has 8 nitrogen and oxygen atoms in total. The number of piperazine rings is 1. The van der Waals surface area contributed by atoms with Gasteiger partial charge in [-0.1, -0.05) is 6.07 Å². The molecule has 4 rings (SSSR count). The van der Waals surface area contributed by atoms with E-state index in [1.165, 1.54) is 6.26 Å². The fourth-order valence-electron chi connectivity index (χ4n) is 3.74. The summed E-state index contributed by atoms with van der Waals surface area (Å²) >= 11 is 0. The Morgan fingerprint density at radius 3 is 2.36 bits per heavy atom. The van der Waals surface area contributed by atoms with E-state index in [4.69, 9.17) is 9.15 Å². The molecule has 0 radical (unpaired) electrons. The van der Waals surface area contributed by atoms with Crippen molar-refractivity contribution in [3.05, 3.63) is 54.2 Å². The zero-order valence-corrected chi connectivity index (χ0v) is 15.7. The molecule has 0 spiro atoms. The van der Waals surface area contributed by atoms with E-state index in [2.05, 4.69) is 9.88 Å². The highest BCUT2D eigenvalue weighted by molar-refractivity contribution is 5.91. The normalized spacial score (nSPS) is 19.4. The van der Waals surface area contributed by atoms with E-state index in [1.54, 1.807) is 29.4 Å². The number of amides is 2. The Hall–Kier alpha value is -2.71. The monoisotopic (exact) mass is 384 g/mol. The molecular weight excluding hydrogens is 360 g/mol. The van der Waals surface area contributed by atoms with Crippen molar-refractivity contribution < 1.29 is 18.7 Å². The van der Waals surface area contributed by atoms with E-state index in [0.29, 0.717) is 58.2 Å². The minimum atomic E-state index is -0.370. The van der Waals surface area contributed by atoms with Gasteiger partial charge in [-0.25, -0.2) is 0 Å². The fraction of sp³-hybridized carbons (Fsp3) is 0.450. The Labute approximate surface area is 163 Å². The summed E-state index contributed by atoms with van der Waals surface area (Å²) in [5, 5.41) is 0. The Bertz CT molecular complexity index is 782. The molecule has 0 N–H and O–H groups in total. The zero-order valence-electron chi connectivity index (χ0n) is 15.7. The average molecular weight is 384 g/mol. The van der Waals surface area contributed by atoms with Crippen molar-refractivity contribution in [2.75, 3.05) is 52.5 Å². The van der Waals surface area contributed by atoms with Crippen LogP contribution in [0.25, 0.3) is 0 Å². The molecule has 2 aliphatic heterocycles. The molecule has 2 saturated heterocycles. The first-order valence-corrected chi connectivity index (χ1v) is 9.57. The summed E-state index contributed by atoms with van der Waals surface area (Å²) < 4.78 is 10.7. The van der Waals surface area contributed by atoms with Crippen LogP contribution >= 0.6 is 0 Å². The lowest BCUT2D eigenvalue weighted by atomic mass is 10.0. The number of carbonyl (C=O) groups is 2. The standard InChI is InChI=1S/C20H24N4O4/c25-19(17-4-2-12-28-17)23-6-8-24(9-7-23)20(26)18(16-3-1-5-21-15-16)22-10-13-27-14-11-22/h1-5,12,15,18H,6-11,13-14H2/t18-/m1/s1. The maximum absolute atomic E-state index is 13.4. The third kappa shape index (κ3) is 3.93. The van der Waals surface area contributed by atoms with Crippen LogP contribution in [0.15, 0.2) is 47.3 Å². The highest BCUT2D eigenvalue weighted by Gasteiger charge is 2.34. The second-order valence-corrected chi connectivity index (χ2v) is 6.93. The molecule has 4 heterocycles. The predicted octanol–water partition coefficient (Wildman–Crippen LogP) is 1.03. The lowest BCUT2D eigenvalue weighted by molar-refractivity contribution is -0.140. The Morgan fingerprint density at radius 1 is 0.964 bits per heavy atom. The molecule has 2 aromatic rings. The Morgan fingerprint density at radius 2 is 1.71 bits per heavy atom. The van der Waals surface area contributed by atoms with E-state index in [9.17, 15) is 9.59 Å². The molecule has 0 unspecified atom stereocenters. The van der Waals surface area contributed by atoms with E-state index < -0.39 is 0 Å². The lowest BCUT2D eigenvalue weighted by Gasteiger charge is -2.40. The van der Waals surface area contributed by atoms with Crippen LogP contribution < -0.4 is 0 Å². The van der Waals surface area contributed by atoms with Gasteiger partial charge >= 0.3 is 0 Å². The van der Waals surface area contributed by atoms with Crippen LogP contribution in [0.3, 0.4) is 0 Å². The summed E-state index contributed by atoms with van der Waals surface area (Å²) in [6.07, 6.45) is 4.96. The molecule has 0 aromatic carbocycles. The first-order valence-electron chi connectivity index (χ1n) is 9.57.